The lowest BCUT2D eigenvalue weighted by Crippen LogP contribution is -2.05. The Bertz CT molecular complexity index is 656. The lowest BCUT2D eigenvalue weighted by atomic mass is 10.0. The molecule has 5 nitrogen and oxygen atoms in total. The SMILES string of the molecule is O=C(O)C(O)=CC(=O)c1cc[nH]c1Cc1ccccc1. The van der Waals surface area contributed by atoms with E-state index in [1.54, 1.807) is 12.3 Å². The number of nitrogens with one attached hydrogen (secondary N) is 1. The molecule has 1 aromatic heterocycles. The average Bonchev–Trinajstić information content (AvgIpc) is 2.88. The van der Waals surface area contributed by atoms with E-state index in [4.69, 9.17) is 10.2 Å². The molecule has 102 valence electrons. The highest BCUT2D eigenvalue weighted by Crippen LogP contribution is 2.14. The van der Waals surface area contributed by atoms with E-state index >= 15 is 0 Å². The fraction of sp³-hybridized carbons (Fsp3) is 0.0667. The zero-order valence-electron chi connectivity index (χ0n) is 10.5. The van der Waals surface area contributed by atoms with Gasteiger partial charge in [-0.1, -0.05) is 30.3 Å². The van der Waals surface area contributed by atoms with E-state index in [9.17, 15) is 9.59 Å². The number of aliphatic hydroxyl groups is 1. The Balaban J connectivity index is 2.23. The molecule has 20 heavy (non-hydrogen) atoms. The predicted molar refractivity (Wildman–Crippen MR) is 72.7 cm³/mol. The summed E-state index contributed by atoms with van der Waals surface area (Å²) in [5.74, 6) is -3.04. The maximum atomic E-state index is 11.9. The van der Waals surface area contributed by atoms with Gasteiger partial charge in [-0.05, 0) is 11.6 Å². The third-order valence-corrected chi connectivity index (χ3v) is 2.81. The average molecular weight is 271 g/mol. The van der Waals surface area contributed by atoms with Gasteiger partial charge in [-0.15, -0.1) is 0 Å². The number of aliphatic hydroxyl groups excluding tert-OH is 1. The van der Waals surface area contributed by atoms with Crippen molar-refractivity contribution in [2.75, 3.05) is 0 Å². The van der Waals surface area contributed by atoms with Crippen LogP contribution in [0.1, 0.15) is 21.6 Å². The van der Waals surface area contributed by atoms with Crippen molar-refractivity contribution in [2.45, 2.75) is 6.42 Å². The number of carbonyl (C=O) groups is 2. The number of ketones is 1. The summed E-state index contributed by atoms with van der Waals surface area (Å²) in [5.41, 5.74) is 2.05. The van der Waals surface area contributed by atoms with Crippen LogP contribution in [0.4, 0.5) is 0 Å². The number of aromatic amines is 1. The molecule has 0 atom stereocenters. The van der Waals surface area contributed by atoms with Crippen molar-refractivity contribution < 1.29 is 19.8 Å². The molecule has 3 N–H and O–H groups in total. The number of rotatable bonds is 5. The largest absolute Gasteiger partial charge is 0.502 e. The van der Waals surface area contributed by atoms with Gasteiger partial charge in [0.05, 0.1) is 0 Å². The molecular formula is C15H13NO4. The summed E-state index contributed by atoms with van der Waals surface area (Å²) in [4.78, 5) is 25.4. The van der Waals surface area contributed by atoms with Crippen LogP contribution in [0.2, 0.25) is 0 Å². The number of hydrogen-bond acceptors (Lipinski definition) is 3. The van der Waals surface area contributed by atoms with Gasteiger partial charge in [0.1, 0.15) is 0 Å². The first kappa shape index (κ1) is 13.6. The molecular weight excluding hydrogens is 258 g/mol. The second kappa shape index (κ2) is 5.88. The Morgan fingerprint density at radius 3 is 2.45 bits per heavy atom. The lowest BCUT2D eigenvalue weighted by molar-refractivity contribution is -0.135. The summed E-state index contributed by atoms with van der Waals surface area (Å²) >= 11 is 0. The second-order valence-corrected chi connectivity index (χ2v) is 4.23. The van der Waals surface area contributed by atoms with Crippen LogP contribution in [-0.2, 0) is 11.2 Å². The fourth-order valence-corrected chi connectivity index (χ4v) is 1.84. The van der Waals surface area contributed by atoms with Crippen LogP contribution in [0.25, 0.3) is 0 Å². The highest BCUT2D eigenvalue weighted by Gasteiger charge is 2.14. The summed E-state index contributed by atoms with van der Waals surface area (Å²) in [7, 11) is 0. The maximum Gasteiger partial charge on any atom is 0.371 e. The Morgan fingerprint density at radius 2 is 1.80 bits per heavy atom. The van der Waals surface area contributed by atoms with Crippen molar-refractivity contribution in [1.29, 1.82) is 0 Å². The molecule has 0 unspecified atom stereocenters. The molecule has 5 heteroatoms. The van der Waals surface area contributed by atoms with E-state index in [0.29, 0.717) is 23.8 Å². The topological polar surface area (TPSA) is 90.4 Å². The van der Waals surface area contributed by atoms with Gasteiger partial charge in [-0.25, -0.2) is 4.79 Å². The van der Waals surface area contributed by atoms with Crippen LogP contribution in [0.5, 0.6) is 0 Å². The third kappa shape index (κ3) is 3.14. The molecule has 0 saturated heterocycles. The van der Waals surface area contributed by atoms with Crippen LogP contribution < -0.4 is 0 Å². The smallest absolute Gasteiger partial charge is 0.371 e. The Hall–Kier alpha value is -2.82. The molecule has 0 aliphatic carbocycles. The fourth-order valence-electron chi connectivity index (χ4n) is 1.84. The molecule has 0 radical (unpaired) electrons. The number of hydrogen-bond donors (Lipinski definition) is 3. The van der Waals surface area contributed by atoms with Gasteiger partial charge in [0.15, 0.2) is 5.78 Å². The minimum absolute atomic E-state index is 0.349. The van der Waals surface area contributed by atoms with Gasteiger partial charge in [0.2, 0.25) is 5.76 Å². The minimum atomic E-state index is -1.53. The Morgan fingerprint density at radius 1 is 1.10 bits per heavy atom. The standard InChI is InChI=1S/C15H13NO4/c17-13(9-14(18)15(19)20)11-6-7-16-12(11)8-10-4-2-1-3-5-10/h1-7,9,16,18H,8H2,(H,19,20). The number of carboxylic acids is 1. The Labute approximate surface area is 115 Å². The first-order chi connectivity index (χ1) is 9.58. The number of aromatic nitrogens is 1. The van der Waals surface area contributed by atoms with Crippen molar-refractivity contribution in [2.24, 2.45) is 0 Å². The van der Waals surface area contributed by atoms with Crippen molar-refractivity contribution in [3.05, 3.63) is 71.3 Å². The highest BCUT2D eigenvalue weighted by atomic mass is 16.4. The number of H-pyrrole nitrogens is 1. The van der Waals surface area contributed by atoms with E-state index in [1.807, 2.05) is 30.3 Å². The molecule has 0 bridgehead atoms. The molecule has 0 fully saturated rings. The molecule has 0 aliphatic rings. The molecule has 0 spiro atoms. The zero-order chi connectivity index (χ0) is 14.5. The summed E-state index contributed by atoms with van der Waals surface area (Å²) < 4.78 is 0. The summed E-state index contributed by atoms with van der Waals surface area (Å²) in [6.45, 7) is 0. The normalized spacial score (nSPS) is 11.3. The van der Waals surface area contributed by atoms with Gasteiger partial charge in [0.25, 0.3) is 0 Å². The van der Waals surface area contributed by atoms with Crippen LogP contribution >= 0.6 is 0 Å². The number of carbonyl (C=O) groups excluding carboxylic acids is 1. The van der Waals surface area contributed by atoms with Crippen molar-refractivity contribution >= 4 is 11.8 Å². The number of carboxylic acid groups (broad SMARTS) is 1. The van der Waals surface area contributed by atoms with Crippen LogP contribution in [0, 0.1) is 0 Å². The maximum absolute atomic E-state index is 11.9. The summed E-state index contributed by atoms with van der Waals surface area (Å²) in [6, 6.07) is 11.1. The van der Waals surface area contributed by atoms with Crippen LogP contribution in [0.3, 0.4) is 0 Å². The van der Waals surface area contributed by atoms with Crippen LogP contribution in [0.15, 0.2) is 54.4 Å². The lowest BCUT2D eigenvalue weighted by Gasteiger charge is -2.02. The van der Waals surface area contributed by atoms with E-state index in [0.717, 1.165) is 5.56 Å². The molecule has 1 heterocycles. The molecule has 0 saturated carbocycles. The number of allylic oxidation sites excluding steroid dienone is 1. The van der Waals surface area contributed by atoms with E-state index < -0.39 is 17.5 Å². The highest BCUT2D eigenvalue weighted by molar-refractivity contribution is 6.08. The van der Waals surface area contributed by atoms with Gasteiger partial charge >= 0.3 is 5.97 Å². The predicted octanol–water partition coefficient (Wildman–Crippen LogP) is 2.31. The van der Waals surface area contributed by atoms with Gasteiger partial charge in [-0.2, -0.15) is 0 Å². The second-order valence-electron chi connectivity index (χ2n) is 4.23. The van der Waals surface area contributed by atoms with E-state index in [1.165, 1.54) is 0 Å². The van der Waals surface area contributed by atoms with Crippen LogP contribution in [-0.4, -0.2) is 26.9 Å². The molecule has 0 aliphatic heterocycles. The van der Waals surface area contributed by atoms with E-state index in [2.05, 4.69) is 4.98 Å². The molecule has 1 aromatic carbocycles. The van der Waals surface area contributed by atoms with Gasteiger partial charge < -0.3 is 15.2 Å². The molecule has 2 aromatic rings. The monoisotopic (exact) mass is 271 g/mol. The first-order valence-corrected chi connectivity index (χ1v) is 5.96. The van der Waals surface area contributed by atoms with Crippen molar-refractivity contribution in [3.8, 4) is 0 Å². The summed E-state index contributed by atoms with van der Waals surface area (Å²) in [6.07, 6.45) is 2.84. The molecule has 2 rings (SSSR count). The zero-order valence-corrected chi connectivity index (χ0v) is 10.5. The Kier molecular flexibility index (Phi) is 4.00. The molecule has 0 amide bonds. The first-order valence-electron chi connectivity index (χ1n) is 5.96. The summed E-state index contributed by atoms with van der Waals surface area (Å²) in [5, 5.41) is 17.7. The van der Waals surface area contributed by atoms with Crippen molar-refractivity contribution in [1.82, 2.24) is 4.98 Å². The van der Waals surface area contributed by atoms with Crippen molar-refractivity contribution in [3.63, 3.8) is 0 Å². The third-order valence-electron chi connectivity index (χ3n) is 2.81. The van der Waals surface area contributed by atoms with Gasteiger partial charge in [-0.3, -0.25) is 4.79 Å². The van der Waals surface area contributed by atoms with Gasteiger partial charge in [0, 0.05) is 30.0 Å². The van der Waals surface area contributed by atoms with E-state index in [-0.39, 0.29) is 0 Å². The minimum Gasteiger partial charge on any atom is -0.502 e. The number of benzene rings is 1. The quantitative estimate of drug-likeness (QED) is 0.442. The number of aliphatic carboxylic acids is 1.